The van der Waals surface area contributed by atoms with Crippen LogP contribution < -0.4 is 15.4 Å². The summed E-state index contributed by atoms with van der Waals surface area (Å²) in [4.78, 5) is 50.6. The number of ether oxygens (including phenoxy) is 3. The molecule has 2 N–H and O–H groups in total. The van der Waals surface area contributed by atoms with Crippen LogP contribution in [0, 0.1) is 6.92 Å². The van der Waals surface area contributed by atoms with Crippen molar-refractivity contribution in [1.82, 2.24) is 0 Å². The molecule has 1 aromatic heterocycles. The number of carbonyl (C=O) groups is 4. The quantitative estimate of drug-likeness (QED) is 0.424. The molecule has 10 heteroatoms. The van der Waals surface area contributed by atoms with Crippen molar-refractivity contribution in [2.75, 3.05) is 31.0 Å². The number of anilines is 2. The molecule has 0 saturated heterocycles. The van der Waals surface area contributed by atoms with Gasteiger partial charge in [-0.3, -0.25) is 9.59 Å². The van der Waals surface area contributed by atoms with E-state index < -0.39 is 30.4 Å². The minimum Gasteiger partial charge on any atom is -0.496 e. The lowest BCUT2D eigenvalue weighted by molar-refractivity contribution is -0.119. The Hall–Kier alpha value is -4.18. The molecule has 2 aromatic carbocycles. The number of hydrogen-bond acceptors (Lipinski definition) is 8. The highest BCUT2D eigenvalue weighted by atomic mass is 32.1. The minimum absolute atomic E-state index is 0.0690. The van der Waals surface area contributed by atoms with Crippen molar-refractivity contribution in [2.45, 2.75) is 13.8 Å². The van der Waals surface area contributed by atoms with Crippen molar-refractivity contribution in [1.29, 1.82) is 0 Å². The lowest BCUT2D eigenvalue weighted by Gasteiger charge is -2.09. The van der Waals surface area contributed by atoms with Crippen molar-refractivity contribution in [3.8, 4) is 5.75 Å². The Bertz CT molecular complexity index is 1240. The lowest BCUT2D eigenvalue weighted by atomic mass is 10.1. The summed E-state index contributed by atoms with van der Waals surface area (Å²) in [5.74, 6) is -2.23. The van der Waals surface area contributed by atoms with E-state index in [0.717, 1.165) is 11.3 Å². The number of para-hydroxylation sites is 2. The fourth-order valence-electron chi connectivity index (χ4n) is 3.16. The van der Waals surface area contributed by atoms with Crippen LogP contribution in [0.25, 0.3) is 0 Å². The fraction of sp³-hybridized carbons (Fsp3) is 0.200. The average molecular weight is 497 g/mol. The van der Waals surface area contributed by atoms with Crippen molar-refractivity contribution >= 4 is 45.8 Å². The van der Waals surface area contributed by atoms with E-state index >= 15 is 0 Å². The Balaban J connectivity index is 1.77. The molecule has 0 saturated carbocycles. The molecule has 1 heterocycles. The van der Waals surface area contributed by atoms with E-state index in [0.29, 0.717) is 17.0 Å². The molecule has 2 amide bonds. The largest absolute Gasteiger partial charge is 0.496 e. The third kappa shape index (κ3) is 6.24. The maximum atomic E-state index is 12.9. The smallest absolute Gasteiger partial charge is 0.342 e. The first-order valence-corrected chi connectivity index (χ1v) is 11.4. The van der Waals surface area contributed by atoms with Gasteiger partial charge in [0.1, 0.15) is 16.3 Å². The first-order valence-electron chi connectivity index (χ1n) is 10.6. The van der Waals surface area contributed by atoms with Gasteiger partial charge in [-0.15, -0.1) is 11.3 Å². The van der Waals surface area contributed by atoms with Crippen LogP contribution in [0.5, 0.6) is 5.75 Å². The van der Waals surface area contributed by atoms with Gasteiger partial charge in [-0.25, -0.2) is 9.59 Å². The third-order valence-corrected chi connectivity index (χ3v) is 5.98. The molecular formula is C25H24N2O7S. The second kappa shape index (κ2) is 11.8. The predicted octanol–water partition coefficient (Wildman–Crippen LogP) is 4.29. The zero-order chi connectivity index (χ0) is 25.4. The maximum absolute atomic E-state index is 12.9. The van der Waals surface area contributed by atoms with Crippen molar-refractivity contribution in [2.24, 2.45) is 0 Å². The topological polar surface area (TPSA) is 120 Å². The van der Waals surface area contributed by atoms with Gasteiger partial charge in [-0.1, -0.05) is 30.3 Å². The Morgan fingerprint density at radius 3 is 2.26 bits per heavy atom. The molecule has 3 aromatic rings. The highest BCUT2D eigenvalue weighted by Gasteiger charge is 2.27. The summed E-state index contributed by atoms with van der Waals surface area (Å²) in [5.41, 5.74) is 1.18. The van der Waals surface area contributed by atoms with Gasteiger partial charge in [0.15, 0.2) is 6.61 Å². The van der Waals surface area contributed by atoms with Crippen LogP contribution in [-0.4, -0.2) is 44.1 Å². The number of rotatable bonds is 9. The van der Waals surface area contributed by atoms with Crippen LogP contribution in [0.15, 0.2) is 54.6 Å². The second-order valence-corrected chi connectivity index (χ2v) is 8.15. The van der Waals surface area contributed by atoms with Crippen molar-refractivity contribution < 1.29 is 33.4 Å². The predicted molar refractivity (Wildman–Crippen MR) is 131 cm³/mol. The van der Waals surface area contributed by atoms with Crippen LogP contribution in [0.4, 0.5) is 10.7 Å². The molecule has 0 fully saturated rings. The van der Waals surface area contributed by atoms with Gasteiger partial charge < -0.3 is 24.8 Å². The highest BCUT2D eigenvalue weighted by molar-refractivity contribution is 7.19. The number of esters is 2. The molecule has 0 bridgehead atoms. The standard InChI is InChI=1S/C25H24N2O7S/c1-4-33-25(31)20-15(2)21(22(29)26-16-10-6-5-7-11-16)35-23(20)27-19(28)14-34-24(30)17-12-8-9-13-18(17)32-3/h5-13H,4,14H2,1-3H3,(H,26,29)(H,27,28). The zero-order valence-electron chi connectivity index (χ0n) is 19.4. The number of benzene rings is 2. The number of hydrogen-bond donors (Lipinski definition) is 2. The molecule has 0 aliphatic carbocycles. The van der Waals surface area contributed by atoms with E-state index in [9.17, 15) is 19.2 Å². The third-order valence-electron chi connectivity index (χ3n) is 4.78. The Labute approximate surface area is 206 Å². The maximum Gasteiger partial charge on any atom is 0.342 e. The molecule has 0 spiro atoms. The van der Waals surface area contributed by atoms with Crippen LogP contribution in [0.3, 0.4) is 0 Å². The van der Waals surface area contributed by atoms with Crippen LogP contribution in [0.1, 0.15) is 42.9 Å². The van der Waals surface area contributed by atoms with Gasteiger partial charge in [0.2, 0.25) is 0 Å². The number of methoxy groups -OCH3 is 1. The molecule has 3 rings (SSSR count). The van der Waals surface area contributed by atoms with Crippen LogP contribution >= 0.6 is 11.3 Å². The second-order valence-electron chi connectivity index (χ2n) is 7.13. The summed E-state index contributed by atoms with van der Waals surface area (Å²) in [6.07, 6.45) is 0. The molecule has 0 radical (unpaired) electrons. The number of amides is 2. The molecule has 182 valence electrons. The minimum atomic E-state index is -0.742. The summed E-state index contributed by atoms with van der Waals surface area (Å²) in [5, 5.41) is 5.44. The Morgan fingerprint density at radius 1 is 0.886 bits per heavy atom. The molecule has 35 heavy (non-hydrogen) atoms. The number of carbonyl (C=O) groups excluding carboxylic acids is 4. The molecule has 0 aliphatic rings. The van der Waals surface area contributed by atoms with E-state index in [-0.39, 0.29) is 27.6 Å². The summed E-state index contributed by atoms with van der Waals surface area (Å²) in [6, 6.07) is 15.3. The lowest BCUT2D eigenvalue weighted by Crippen LogP contribution is -2.22. The van der Waals surface area contributed by atoms with E-state index in [2.05, 4.69) is 10.6 Å². The van der Waals surface area contributed by atoms with Crippen LogP contribution in [0.2, 0.25) is 0 Å². The van der Waals surface area contributed by atoms with Gasteiger partial charge in [0, 0.05) is 5.69 Å². The Morgan fingerprint density at radius 2 is 1.57 bits per heavy atom. The average Bonchev–Trinajstić information content (AvgIpc) is 3.18. The fourth-order valence-corrected chi connectivity index (χ4v) is 4.27. The van der Waals surface area contributed by atoms with Crippen molar-refractivity contribution in [3.63, 3.8) is 0 Å². The van der Waals surface area contributed by atoms with Crippen molar-refractivity contribution in [3.05, 3.63) is 76.2 Å². The zero-order valence-corrected chi connectivity index (χ0v) is 20.2. The van der Waals surface area contributed by atoms with Gasteiger partial charge in [-0.2, -0.15) is 0 Å². The molecule has 0 atom stereocenters. The van der Waals surface area contributed by atoms with Gasteiger partial charge in [0.05, 0.1) is 24.2 Å². The first kappa shape index (κ1) is 25.4. The number of thiophene rings is 1. The summed E-state index contributed by atoms with van der Waals surface area (Å²) < 4.78 is 15.3. The van der Waals surface area contributed by atoms with E-state index in [1.807, 2.05) is 6.07 Å². The van der Waals surface area contributed by atoms with E-state index in [4.69, 9.17) is 14.2 Å². The van der Waals surface area contributed by atoms with Gasteiger partial charge >= 0.3 is 11.9 Å². The Kier molecular flexibility index (Phi) is 8.58. The molecule has 9 nitrogen and oxygen atoms in total. The van der Waals surface area contributed by atoms with E-state index in [1.165, 1.54) is 13.2 Å². The summed E-state index contributed by atoms with van der Waals surface area (Å²) in [7, 11) is 1.42. The number of nitrogens with one attached hydrogen (secondary N) is 2. The van der Waals surface area contributed by atoms with E-state index in [1.54, 1.807) is 56.3 Å². The van der Waals surface area contributed by atoms with Gasteiger partial charge in [0.25, 0.3) is 11.8 Å². The molecular weight excluding hydrogens is 472 g/mol. The SMILES string of the molecule is CCOC(=O)c1c(NC(=O)COC(=O)c2ccccc2OC)sc(C(=O)Nc2ccccc2)c1C. The molecule has 0 unspecified atom stereocenters. The summed E-state index contributed by atoms with van der Waals surface area (Å²) in [6.45, 7) is 2.75. The monoisotopic (exact) mass is 496 g/mol. The van der Waals surface area contributed by atoms with Gasteiger partial charge in [-0.05, 0) is 43.7 Å². The normalized spacial score (nSPS) is 10.3. The van der Waals surface area contributed by atoms with Crippen LogP contribution in [-0.2, 0) is 14.3 Å². The molecule has 0 aliphatic heterocycles. The summed E-state index contributed by atoms with van der Waals surface area (Å²) >= 11 is 0.927. The highest BCUT2D eigenvalue weighted by Crippen LogP contribution is 2.34. The first-order chi connectivity index (χ1) is 16.8.